The standard InChI is InChI=1S/C23H37N3O5/c1-10-26(20(29)15(3)24-21(30)31-23(7,8)9)18(19(28)25-22(4,5)6)16-11-12-17(27)14(2)13-16/h11-13,15,18,27H,10H2,1-9H3,(H,24,30)(H,25,28). The number of carbonyl (C=O) groups is 3. The van der Waals surface area contributed by atoms with Gasteiger partial charge >= 0.3 is 6.09 Å². The Bertz CT molecular complexity index is 808. The number of amides is 3. The Morgan fingerprint density at radius 2 is 1.71 bits per heavy atom. The van der Waals surface area contributed by atoms with E-state index in [2.05, 4.69) is 10.6 Å². The van der Waals surface area contributed by atoms with Crippen LogP contribution in [-0.4, -0.2) is 51.6 Å². The maximum absolute atomic E-state index is 13.2. The van der Waals surface area contributed by atoms with E-state index in [9.17, 15) is 19.5 Å². The minimum absolute atomic E-state index is 0.105. The summed E-state index contributed by atoms with van der Waals surface area (Å²) in [6, 6.07) is 2.97. The van der Waals surface area contributed by atoms with Gasteiger partial charge in [0.1, 0.15) is 23.4 Å². The summed E-state index contributed by atoms with van der Waals surface area (Å²) < 4.78 is 5.23. The fraction of sp³-hybridized carbons (Fsp3) is 0.609. The van der Waals surface area contributed by atoms with E-state index in [1.807, 2.05) is 20.8 Å². The largest absolute Gasteiger partial charge is 0.508 e. The van der Waals surface area contributed by atoms with Crippen LogP contribution in [0.5, 0.6) is 5.75 Å². The second kappa shape index (κ2) is 10.0. The second-order valence-electron chi connectivity index (χ2n) is 9.68. The first-order valence-corrected chi connectivity index (χ1v) is 10.5. The average molecular weight is 436 g/mol. The van der Waals surface area contributed by atoms with Gasteiger partial charge in [0.25, 0.3) is 0 Å². The van der Waals surface area contributed by atoms with Gasteiger partial charge < -0.3 is 25.4 Å². The number of ether oxygens (including phenoxy) is 1. The Labute approximate surface area is 185 Å². The number of carbonyl (C=O) groups excluding carboxylic acids is 3. The van der Waals surface area contributed by atoms with Crippen molar-refractivity contribution < 1.29 is 24.2 Å². The van der Waals surface area contributed by atoms with E-state index in [1.54, 1.807) is 53.7 Å². The Kier molecular flexibility index (Phi) is 8.49. The number of aromatic hydroxyl groups is 1. The molecule has 0 aliphatic rings. The van der Waals surface area contributed by atoms with Gasteiger partial charge in [0.05, 0.1) is 0 Å². The summed E-state index contributed by atoms with van der Waals surface area (Å²) in [5.74, 6) is -0.668. The average Bonchev–Trinajstić information content (AvgIpc) is 2.58. The number of benzene rings is 1. The lowest BCUT2D eigenvalue weighted by molar-refractivity contribution is -0.142. The van der Waals surface area contributed by atoms with Crippen LogP contribution >= 0.6 is 0 Å². The highest BCUT2D eigenvalue weighted by molar-refractivity contribution is 5.92. The molecule has 0 spiro atoms. The monoisotopic (exact) mass is 435 g/mol. The molecule has 0 radical (unpaired) electrons. The van der Waals surface area contributed by atoms with E-state index in [-0.39, 0.29) is 18.2 Å². The number of likely N-dealkylation sites (N-methyl/N-ethyl adjacent to an activating group) is 1. The topological polar surface area (TPSA) is 108 Å². The number of nitrogens with zero attached hydrogens (tertiary/aromatic N) is 1. The van der Waals surface area contributed by atoms with Crippen LogP contribution in [0.3, 0.4) is 0 Å². The predicted molar refractivity (Wildman–Crippen MR) is 120 cm³/mol. The molecule has 0 aliphatic carbocycles. The molecule has 0 aliphatic heterocycles. The second-order valence-corrected chi connectivity index (χ2v) is 9.68. The number of hydrogen-bond donors (Lipinski definition) is 3. The van der Waals surface area contributed by atoms with Crippen molar-refractivity contribution in [3.8, 4) is 5.75 Å². The number of phenols is 1. The van der Waals surface area contributed by atoms with E-state index < -0.39 is 35.2 Å². The fourth-order valence-corrected chi connectivity index (χ4v) is 3.02. The molecule has 3 N–H and O–H groups in total. The third-order valence-electron chi connectivity index (χ3n) is 4.32. The van der Waals surface area contributed by atoms with Crippen molar-refractivity contribution in [3.05, 3.63) is 29.3 Å². The first-order valence-electron chi connectivity index (χ1n) is 10.5. The van der Waals surface area contributed by atoms with Crippen LogP contribution in [-0.2, 0) is 14.3 Å². The molecule has 1 aromatic carbocycles. The molecule has 0 aromatic heterocycles. The predicted octanol–water partition coefficient (Wildman–Crippen LogP) is 3.42. The summed E-state index contributed by atoms with van der Waals surface area (Å²) >= 11 is 0. The van der Waals surface area contributed by atoms with Gasteiger partial charge in [-0.1, -0.05) is 6.07 Å². The zero-order chi connectivity index (χ0) is 24.1. The number of rotatable bonds is 6. The molecule has 0 heterocycles. The molecule has 0 saturated carbocycles. The maximum Gasteiger partial charge on any atom is 0.408 e. The molecule has 3 amide bonds. The van der Waals surface area contributed by atoms with Crippen molar-refractivity contribution in [2.75, 3.05) is 6.54 Å². The molecule has 1 rings (SSSR count). The van der Waals surface area contributed by atoms with Crippen molar-refractivity contribution in [1.29, 1.82) is 0 Å². The van der Waals surface area contributed by atoms with Crippen molar-refractivity contribution in [3.63, 3.8) is 0 Å². The van der Waals surface area contributed by atoms with E-state index in [0.29, 0.717) is 11.1 Å². The number of aryl methyl sites for hydroxylation is 1. The Morgan fingerprint density at radius 3 is 2.16 bits per heavy atom. The van der Waals surface area contributed by atoms with Gasteiger partial charge in [-0.2, -0.15) is 0 Å². The van der Waals surface area contributed by atoms with Crippen molar-refractivity contribution in [1.82, 2.24) is 15.5 Å². The molecular weight excluding hydrogens is 398 g/mol. The van der Waals surface area contributed by atoms with Gasteiger partial charge in [0.15, 0.2) is 0 Å². The third kappa shape index (κ3) is 8.11. The Morgan fingerprint density at radius 1 is 1.13 bits per heavy atom. The molecule has 0 fully saturated rings. The lowest BCUT2D eigenvalue weighted by atomic mass is 9.99. The van der Waals surface area contributed by atoms with Crippen LogP contribution < -0.4 is 10.6 Å². The molecule has 0 bridgehead atoms. The third-order valence-corrected chi connectivity index (χ3v) is 4.32. The van der Waals surface area contributed by atoms with Gasteiger partial charge in [-0.25, -0.2) is 4.79 Å². The van der Waals surface area contributed by atoms with Crippen LogP contribution in [0.25, 0.3) is 0 Å². The lowest BCUT2D eigenvalue weighted by Gasteiger charge is -2.34. The molecule has 174 valence electrons. The van der Waals surface area contributed by atoms with Gasteiger partial charge in [0, 0.05) is 12.1 Å². The zero-order valence-electron chi connectivity index (χ0n) is 20.1. The fourth-order valence-electron chi connectivity index (χ4n) is 3.02. The van der Waals surface area contributed by atoms with Gasteiger partial charge in [0.2, 0.25) is 11.8 Å². The molecule has 1 aromatic rings. The quantitative estimate of drug-likeness (QED) is 0.635. The van der Waals surface area contributed by atoms with Gasteiger partial charge in [-0.3, -0.25) is 9.59 Å². The highest BCUT2D eigenvalue weighted by Gasteiger charge is 2.35. The van der Waals surface area contributed by atoms with Crippen molar-refractivity contribution in [2.24, 2.45) is 0 Å². The first kappa shape index (κ1) is 26.3. The van der Waals surface area contributed by atoms with Crippen LogP contribution in [0, 0.1) is 6.92 Å². The summed E-state index contributed by atoms with van der Waals surface area (Å²) in [6.45, 7) is 16.0. The minimum Gasteiger partial charge on any atom is -0.508 e. The first-order chi connectivity index (χ1) is 14.1. The summed E-state index contributed by atoms with van der Waals surface area (Å²) in [7, 11) is 0. The van der Waals surface area contributed by atoms with E-state index in [1.165, 1.54) is 11.0 Å². The van der Waals surface area contributed by atoms with Gasteiger partial charge in [-0.05, 0) is 85.6 Å². The minimum atomic E-state index is -0.932. The van der Waals surface area contributed by atoms with Crippen LogP contribution in [0.2, 0.25) is 0 Å². The molecule has 0 saturated heterocycles. The molecule has 31 heavy (non-hydrogen) atoms. The zero-order valence-corrected chi connectivity index (χ0v) is 20.1. The van der Waals surface area contributed by atoms with E-state index in [4.69, 9.17) is 4.74 Å². The number of hydrogen-bond acceptors (Lipinski definition) is 5. The van der Waals surface area contributed by atoms with Gasteiger partial charge in [-0.15, -0.1) is 0 Å². The lowest BCUT2D eigenvalue weighted by Crippen LogP contribution is -2.53. The SMILES string of the molecule is CCN(C(=O)C(C)NC(=O)OC(C)(C)C)C(C(=O)NC(C)(C)C)c1ccc(O)c(C)c1. The van der Waals surface area contributed by atoms with E-state index >= 15 is 0 Å². The maximum atomic E-state index is 13.2. The van der Waals surface area contributed by atoms with Crippen LogP contribution in [0.4, 0.5) is 4.79 Å². The van der Waals surface area contributed by atoms with Crippen LogP contribution in [0.1, 0.15) is 72.6 Å². The van der Waals surface area contributed by atoms with Crippen LogP contribution in [0.15, 0.2) is 18.2 Å². The summed E-state index contributed by atoms with van der Waals surface area (Å²) in [5.41, 5.74) is -0.0497. The van der Waals surface area contributed by atoms with Crippen molar-refractivity contribution >= 4 is 17.9 Å². The number of nitrogens with one attached hydrogen (secondary N) is 2. The summed E-state index contributed by atoms with van der Waals surface area (Å²) in [4.78, 5) is 40.0. The molecule has 2 atom stereocenters. The molecule has 8 nitrogen and oxygen atoms in total. The normalized spacial score (nSPS) is 13.7. The highest BCUT2D eigenvalue weighted by Crippen LogP contribution is 2.27. The molecule has 2 unspecified atom stereocenters. The summed E-state index contributed by atoms with van der Waals surface area (Å²) in [5, 5.41) is 15.4. The summed E-state index contributed by atoms with van der Waals surface area (Å²) in [6.07, 6.45) is -0.708. The highest BCUT2D eigenvalue weighted by atomic mass is 16.6. The molecular formula is C23H37N3O5. The van der Waals surface area contributed by atoms with E-state index in [0.717, 1.165) is 0 Å². The Hall–Kier alpha value is -2.77. The molecule has 8 heteroatoms. The number of alkyl carbamates (subject to hydrolysis) is 1. The smallest absolute Gasteiger partial charge is 0.408 e. The number of phenolic OH excluding ortho intramolecular Hbond substituents is 1. The Balaban J connectivity index is 3.26. The van der Waals surface area contributed by atoms with Crippen molar-refractivity contribution in [2.45, 2.75) is 85.5 Å².